The van der Waals surface area contributed by atoms with Crippen LogP contribution in [0.3, 0.4) is 0 Å². The molecule has 1 fully saturated rings. The minimum atomic E-state index is -3.30. The Labute approximate surface area is 120 Å². The van der Waals surface area contributed by atoms with Gasteiger partial charge in [-0.05, 0) is 12.1 Å². The van der Waals surface area contributed by atoms with Crippen molar-refractivity contribution in [3.8, 4) is 0 Å². The van der Waals surface area contributed by atoms with E-state index in [-0.39, 0.29) is 19.0 Å². The van der Waals surface area contributed by atoms with Crippen LogP contribution in [0.15, 0.2) is 28.7 Å². The van der Waals surface area contributed by atoms with Crippen molar-refractivity contribution < 1.29 is 23.0 Å². The van der Waals surface area contributed by atoms with E-state index in [4.69, 9.17) is 14.6 Å². The second kappa shape index (κ2) is 5.49. The lowest BCUT2D eigenvalue weighted by molar-refractivity contribution is -0.162. The minimum Gasteiger partial charge on any atom is -0.394 e. The Kier molecular flexibility index (Phi) is 4.32. The van der Waals surface area contributed by atoms with Crippen molar-refractivity contribution in [3.63, 3.8) is 0 Å². The zero-order valence-electron chi connectivity index (χ0n) is 10.4. The summed E-state index contributed by atoms with van der Waals surface area (Å²) >= 11 is 3.32. The number of sulfone groups is 1. The number of rotatable bonds is 4. The van der Waals surface area contributed by atoms with Crippen molar-refractivity contribution in [2.45, 2.75) is 11.9 Å². The standard InChI is InChI=1S/C12H15BrO5S/c1-19(15,16)8-12(17-7-11(6-14)18-12)9-2-4-10(13)5-3-9/h2-5,11,14H,6-8H2,1H3/t11-,12-/m0/s1. The highest BCUT2D eigenvalue weighted by atomic mass is 79.9. The molecule has 1 aromatic rings. The first-order valence-electron chi connectivity index (χ1n) is 5.71. The Morgan fingerprint density at radius 2 is 2.05 bits per heavy atom. The van der Waals surface area contributed by atoms with Crippen LogP contribution in [-0.4, -0.2) is 44.9 Å². The molecule has 5 nitrogen and oxygen atoms in total. The molecule has 0 amide bonds. The molecule has 7 heteroatoms. The zero-order valence-corrected chi connectivity index (χ0v) is 12.8. The van der Waals surface area contributed by atoms with Gasteiger partial charge >= 0.3 is 0 Å². The van der Waals surface area contributed by atoms with E-state index in [1.54, 1.807) is 24.3 Å². The fourth-order valence-corrected chi connectivity index (χ4v) is 3.29. The van der Waals surface area contributed by atoms with Crippen LogP contribution >= 0.6 is 15.9 Å². The van der Waals surface area contributed by atoms with Crippen LogP contribution in [-0.2, 0) is 25.1 Å². The Balaban J connectivity index is 2.37. The predicted octanol–water partition coefficient (Wildman–Crippen LogP) is 1.05. The average molecular weight is 351 g/mol. The number of ether oxygens (including phenoxy) is 2. The van der Waals surface area contributed by atoms with Crippen LogP contribution in [0.1, 0.15) is 5.56 Å². The van der Waals surface area contributed by atoms with Gasteiger partial charge in [0, 0.05) is 16.3 Å². The molecular weight excluding hydrogens is 336 g/mol. The molecule has 0 bridgehead atoms. The highest BCUT2D eigenvalue weighted by molar-refractivity contribution is 9.10. The van der Waals surface area contributed by atoms with Gasteiger partial charge in [0.15, 0.2) is 9.84 Å². The van der Waals surface area contributed by atoms with Gasteiger partial charge < -0.3 is 14.6 Å². The number of halogens is 1. The number of aliphatic hydroxyl groups is 1. The summed E-state index contributed by atoms with van der Waals surface area (Å²) in [5, 5.41) is 9.13. The first-order valence-corrected chi connectivity index (χ1v) is 8.56. The fourth-order valence-electron chi connectivity index (χ4n) is 2.01. The van der Waals surface area contributed by atoms with Gasteiger partial charge in [0.05, 0.1) is 13.2 Å². The van der Waals surface area contributed by atoms with Gasteiger partial charge in [0.1, 0.15) is 11.9 Å². The highest BCUT2D eigenvalue weighted by Gasteiger charge is 2.45. The lowest BCUT2D eigenvalue weighted by Gasteiger charge is -2.27. The maximum absolute atomic E-state index is 11.6. The van der Waals surface area contributed by atoms with Crippen LogP contribution in [0.4, 0.5) is 0 Å². The van der Waals surface area contributed by atoms with Gasteiger partial charge in [-0.2, -0.15) is 0 Å². The molecule has 1 N–H and O–H groups in total. The third kappa shape index (κ3) is 3.55. The lowest BCUT2D eigenvalue weighted by atomic mass is 10.1. The molecule has 0 aliphatic carbocycles. The molecule has 0 spiro atoms. The topological polar surface area (TPSA) is 72.8 Å². The van der Waals surface area contributed by atoms with Crippen molar-refractivity contribution in [3.05, 3.63) is 34.3 Å². The molecule has 106 valence electrons. The zero-order chi connectivity index (χ0) is 14.1. The molecule has 1 aliphatic heterocycles. The third-order valence-corrected chi connectivity index (χ3v) is 4.23. The van der Waals surface area contributed by atoms with Gasteiger partial charge in [0.25, 0.3) is 0 Å². The molecule has 19 heavy (non-hydrogen) atoms. The second-order valence-electron chi connectivity index (χ2n) is 4.56. The first kappa shape index (κ1) is 14.9. The van der Waals surface area contributed by atoms with E-state index in [1.165, 1.54) is 0 Å². The van der Waals surface area contributed by atoms with Crippen molar-refractivity contribution in [1.29, 1.82) is 0 Å². The summed E-state index contributed by atoms with van der Waals surface area (Å²) in [6.07, 6.45) is 0.623. The first-order chi connectivity index (χ1) is 8.85. The Hall–Kier alpha value is -0.470. The molecule has 0 unspecified atom stereocenters. The minimum absolute atomic E-state index is 0.169. The average Bonchev–Trinajstić information content (AvgIpc) is 2.72. The molecule has 2 atom stereocenters. The van der Waals surface area contributed by atoms with Gasteiger partial charge in [-0.25, -0.2) is 8.42 Å². The monoisotopic (exact) mass is 350 g/mol. The maximum atomic E-state index is 11.6. The van der Waals surface area contributed by atoms with Gasteiger partial charge in [-0.15, -0.1) is 0 Å². The fraction of sp³-hybridized carbons (Fsp3) is 0.500. The van der Waals surface area contributed by atoms with Crippen molar-refractivity contribution in [2.75, 3.05) is 25.2 Å². The number of hydrogen-bond acceptors (Lipinski definition) is 5. The number of aliphatic hydroxyl groups excluding tert-OH is 1. The van der Waals surface area contributed by atoms with Gasteiger partial charge in [-0.1, -0.05) is 28.1 Å². The number of hydrogen-bond donors (Lipinski definition) is 1. The quantitative estimate of drug-likeness (QED) is 0.878. The molecular formula is C12H15BrO5S. The summed E-state index contributed by atoms with van der Waals surface area (Å²) in [7, 11) is -3.30. The molecule has 2 rings (SSSR count). The van der Waals surface area contributed by atoms with Crippen molar-refractivity contribution in [2.24, 2.45) is 0 Å². The molecule has 0 saturated carbocycles. The number of benzene rings is 1. The molecule has 0 radical (unpaired) electrons. The smallest absolute Gasteiger partial charge is 0.209 e. The maximum Gasteiger partial charge on any atom is 0.209 e. The lowest BCUT2D eigenvalue weighted by Crippen LogP contribution is -2.36. The van der Waals surface area contributed by atoms with E-state index in [0.29, 0.717) is 5.56 Å². The molecule has 0 aromatic heterocycles. The van der Waals surface area contributed by atoms with E-state index in [0.717, 1.165) is 10.7 Å². The second-order valence-corrected chi connectivity index (χ2v) is 7.62. The van der Waals surface area contributed by atoms with E-state index in [1.807, 2.05) is 0 Å². The molecule has 1 aliphatic rings. The van der Waals surface area contributed by atoms with Gasteiger partial charge in [0.2, 0.25) is 5.79 Å². The van der Waals surface area contributed by atoms with Crippen LogP contribution in [0.5, 0.6) is 0 Å². The van der Waals surface area contributed by atoms with Crippen LogP contribution in [0.2, 0.25) is 0 Å². The van der Waals surface area contributed by atoms with Crippen LogP contribution < -0.4 is 0 Å². The summed E-state index contributed by atoms with van der Waals surface area (Å²) in [6.45, 7) is -0.0376. The predicted molar refractivity (Wildman–Crippen MR) is 73.4 cm³/mol. The molecule has 1 aromatic carbocycles. The van der Waals surface area contributed by atoms with E-state index in [9.17, 15) is 8.42 Å². The van der Waals surface area contributed by atoms with Crippen molar-refractivity contribution in [1.82, 2.24) is 0 Å². The van der Waals surface area contributed by atoms with E-state index in [2.05, 4.69) is 15.9 Å². The summed E-state index contributed by atoms with van der Waals surface area (Å²) in [4.78, 5) is 0. The normalized spacial score (nSPS) is 27.6. The van der Waals surface area contributed by atoms with Crippen molar-refractivity contribution >= 4 is 25.8 Å². The summed E-state index contributed by atoms with van der Waals surface area (Å²) in [5.41, 5.74) is 0.622. The van der Waals surface area contributed by atoms with Crippen LogP contribution in [0.25, 0.3) is 0 Å². The Morgan fingerprint density at radius 1 is 1.42 bits per heavy atom. The SMILES string of the molecule is CS(=O)(=O)C[C@]1(c2ccc(Br)cc2)OC[C@H](CO)O1. The third-order valence-electron chi connectivity index (χ3n) is 2.80. The summed E-state index contributed by atoms with van der Waals surface area (Å²) in [5.74, 6) is -1.61. The highest BCUT2D eigenvalue weighted by Crippen LogP contribution is 2.36. The Bertz CT molecular complexity index is 542. The summed E-state index contributed by atoms with van der Waals surface area (Å²) in [6, 6.07) is 7.07. The van der Waals surface area contributed by atoms with E-state index >= 15 is 0 Å². The van der Waals surface area contributed by atoms with Gasteiger partial charge in [-0.3, -0.25) is 0 Å². The molecule has 1 saturated heterocycles. The Morgan fingerprint density at radius 3 is 2.53 bits per heavy atom. The summed E-state index contributed by atoms with van der Waals surface area (Å²) < 4.78 is 35.3. The van der Waals surface area contributed by atoms with Crippen LogP contribution in [0, 0.1) is 0 Å². The largest absolute Gasteiger partial charge is 0.394 e. The van der Waals surface area contributed by atoms with E-state index < -0.39 is 21.7 Å². The molecule has 1 heterocycles.